The molecular weight excluding hydrogens is 258 g/mol. The first-order valence-electron chi connectivity index (χ1n) is 5.50. The Balaban J connectivity index is 1.86. The fraction of sp³-hybridized carbons (Fsp3) is 0.417. The summed E-state index contributed by atoms with van der Waals surface area (Å²) in [4.78, 5) is 14.4. The number of halogens is 1. The van der Waals surface area contributed by atoms with Crippen LogP contribution in [0.15, 0.2) is 29.2 Å². The standard InChI is InChI=1S/C12H14ClNO2S/c13-10-3-1-2-4-11(10)17-8-12(16)14-6-5-9(15)7-14/h1-4,9,15H,5-8H2/t9-/m1/s1. The number of thioether (sulfide) groups is 1. The molecule has 1 aliphatic rings. The van der Waals surface area contributed by atoms with Gasteiger partial charge in [0.25, 0.3) is 0 Å². The van der Waals surface area contributed by atoms with Gasteiger partial charge in [-0.3, -0.25) is 4.79 Å². The van der Waals surface area contributed by atoms with Crippen LogP contribution in [-0.4, -0.2) is 40.9 Å². The van der Waals surface area contributed by atoms with Crippen LogP contribution in [0.25, 0.3) is 0 Å². The lowest BCUT2D eigenvalue weighted by molar-refractivity contribution is -0.127. The molecule has 1 amide bonds. The highest BCUT2D eigenvalue weighted by molar-refractivity contribution is 8.00. The van der Waals surface area contributed by atoms with Crippen molar-refractivity contribution < 1.29 is 9.90 Å². The zero-order chi connectivity index (χ0) is 12.3. The minimum Gasteiger partial charge on any atom is -0.391 e. The molecule has 1 aliphatic heterocycles. The van der Waals surface area contributed by atoms with Crippen LogP contribution in [0.4, 0.5) is 0 Å². The van der Waals surface area contributed by atoms with Crippen LogP contribution < -0.4 is 0 Å². The molecule has 1 heterocycles. The van der Waals surface area contributed by atoms with Gasteiger partial charge in [0.05, 0.1) is 16.9 Å². The number of carbonyl (C=O) groups excluding carboxylic acids is 1. The second kappa shape index (κ2) is 5.76. The third-order valence-electron chi connectivity index (χ3n) is 2.70. The van der Waals surface area contributed by atoms with Crippen molar-refractivity contribution in [3.63, 3.8) is 0 Å². The Kier molecular flexibility index (Phi) is 4.31. The fourth-order valence-electron chi connectivity index (χ4n) is 1.76. The van der Waals surface area contributed by atoms with Gasteiger partial charge in [-0.1, -0.05) is 23.7 Å². The van der Waals surface area contributed by atoms with Crippen LogP contribution in [0.3, 0.4) is 0 Å². The smallest absolute Gasteiger partial charge is 0.233 e. The van der Waals surface area contributed by atoms with Crippen molar-refractivity contribution in [3.05, 3.63) is 29.3 Å². The topological polar surface area (TPSA) is 40.5 Å². The third kappa shape index (κ3) is 3.37. The summed E-state index contributed by atoms with van der Waals surface area (Å²) in [6, 6.07) is 7.48. The highest BCUT2D eigenvalue weighted by Crippen LogP contribution is 2.27. The number of benzene rings is 1. The Morgan fingerprint density at radius 3 is 2.94 bits per heavy atom. The second-order valence-electron chi connectivity index (χ2n) is 4.00. The normalized spacial score (nSPS) is 19.6. The van der Waals surface area contributed by atoms with Gasteiger partial charge in [0, 0.05) is 18.0 Å². The van der Waals surface area contributed by atoms with Gasteiger partial charge in [0.1, 0.15) is 0 Å². The molecule has 0 spiro atoms. The van der Waals surface area contributed by atoms with Crippen molar-refractivity contribution in [2.45, 2.75) is 17.4 Å². The zero-order valence-electron chi connectivity index (χ0n) is 9.30. The summed E-state index contributed by atoms with van der Waals surface area (Å²) in [6.07, 6.45) is 0.326. The Labute approximate surface area is 110 Å². The number of likely N-dealkylation sites (tertiary alicyclic amines) is 1. The SMILES string of the molecule is O=C(CSc1ccccc1Cl)N1CC[C@@H](O)C1. The largest absolute Gasteiger partial charge is 0.391 e. The van der Waals surface area contributed by atoms with Gasteiger partial charge in [-0.25, -0.2) is 0 Å². The predicted molar refractivity (Wildman–Crippen MR) is 69.4 cm³/mol. The quantitative estimate of drug-likeness (QED) is 0.855. The van der Waals surface area contributed by atoms with Gasteiger partial charge < -0.3 is 10.0 Å². The number of hydrogen-bond acceptors (Lipinski definition) is 3. The first-order valence-corrected chi connectivity index (χ1v) is 6.86. The first-order chi connectivity index (χ1) is 8.16. The van der Waals surface area contributed by atoms with Gasteiger partial charge in [0.2, 0.25) is 5.91 Å². The molecule has 1 aromatic carbocycles. The Hall–Kier alpha value is -0.710. The van der Waals surface area contributed by atoms with E-state index in [1.54, 1.807) is 4.90 Å². The minimum absolute atomic E-state index is 0.0615. The van der Waals surface area contributed by atoms with E-state index in [0.29, 0.717) is 30.3 Å². The lowest BCUT2D eigenvalue weighted by Gasteiger charge is -2.15. The summed E-state index contributed by atoms with van der Waals surface area (Å²) in [5.41, 5.74) is 0. The molecule has 1 atom stereocenters. The number of β-amino-alcohol motifs (C(OH)–C–C–N with tert-alkyl or cyclic N) is 1. The lowest BCUT2D eigenvalue weighted by atomic mass is 10.3. The van der Waals surface area contributed by atoms with Crippen molar-refractivity contribution in [2.24, 2.45) is 0 Å². The number of rotatable bonds is 3. The van der Waals surface area contributed by atoms with Crippen LogP contribution in [0.5, 0.6) is 0 Å². The van der Waals surface area contributed by atoms with Crippen LogP contribution >= 0.6 is 23.4 Å². The first kappa shape index (κ1) is 12.7. The summed E-state index contributed by atoms with van der Waals surface area (Å²) in [5.74, 6) is 0.433. The number of aliphatic hydroxyl groups excluding tert-OH is 1. The maximum atomic E-state index is 11.8. The third-order valence-corrected chi connectivity index (χ3v) is 4.20. The van der Waals surface area contributed by atoms with Crippen molar-refractivity contribution in [1.82, 2.24) is 4.90 Å². The van der Waals surface area contributed by atoms with Crippen LogP contribution in [0.2, 0.25) is 5.02 Å². The molecule has 0 radical (unpaired) electrons. The van der Waals surface area contributed by atoms with E-state index in [4.69, 9.17) is 11.6 Å². The van der Waals surface area contributed by atoms with E-state index in [1.807, 2.05) is 24.3 Å². The van der Waals surface area contributed by atoms with Gasteiger partial charge in [0.15, 0.2) is 0 Å². The monoisotopic (exact) mass is 271 g/mol. The van der Waals surface area contributed by atoms with Gasteiger partial charge in [-0.05, 0) is 18.6 Å². The Morgan fingerprint density at radius 2 is 2.29 bits per heavy atom. The van der Waals surface area contributed by atoms with Crippen LogP contribution in [0, 0.1) is 0 Å². The molecule has 1 N–H and O–H groups in total. The van der Waals surface area contributed by atoms with Crippen LogP contribution in [0.1, 0.15) is 6.42 Å². The summed E-state index contributed by atoms with van der Waals surface area (Å²) >= 11 is 7.44. The molecule has 2 rings (SSSR count). The summed E-state index contributed by atoms with van der Waals surface area (Å²) < 4.78 is 0. The molecule has 92 valence electrons. The number of amides is 1. The van der Waals surface area contributed by atoms with E-state index >= 15 is 0 Å². The molecule has 0 aliphatic carbocycles. The van der Waals surface area contributed by atoms with E-state index in [1.165, 1.54) is 11.8 Å². The number of hydrogen-bond donors (Lipinski definition) is 1. The molecular formula is C12H14ClNO2S. The molecule has 0 saturated carbocycles. The maximum absolute atomic E-state index is 11.8. The zero-order valence-corrected chi connectivity index (χ0v) is 10.9. The average molecular weight is 272 g/mol. The second-order valence-corrected chi connectivity index (χ2v) is 5.43. The van der Waals surface area contributed by atoms with Crippen molar-refractivity contribution in [3.8, 4) is 0 Å². The molecule has 17 heavy (non-hydrogen) atoms. The minimum atomic E-state index is -0.357. The Bertz CT molecular complexity index is 413. The van der Waals surface area contributed by atoms with Gasteiger partial charge in [-0.15, -0.1) is 11.8 Å². The number of aliphatic hydroxyl groups is 1. The number of carbonyl (C=O) groups is 1. The molecule has 1 fully saturated rings. The van der Waals surface area contributed by atoms with Gasteiger partial charge >= 0.3 is 0 Å². The van der Waals surface area contributed by atoms with Crippen molar-refractivity contribution in [2.75, 3.05) is 18.8 Å². The van der Waals surface area contributed by atoms with E-state index in [-0.39, 0.29) is 12.0 Å². The van der Waals surface area contributed by atoms with Crippen molar-refractivity contribution in [1.29, 1.82) is 0 Å². The maximum Gasteiger partial charge on any atom is 0.233 e. The Morgan fingerprint density at radius 1 is 1.53 bits per heavy atom. The highest BCUT2D eigenvalue weighted by Gasteiger charge is 2.24. The molecule has 3 nitrogen and oxygen atoms in total. The van der Waals surface area contributed by atoms with Crippen molar-refractivity contribution >= 4 is 29.3 Å². The number of nitrogens with zero attached hydrogens (tertiary/aromatic N) is 1. The summed E-state index contributed by atoms with van der Waals surface area (Å²) in [7, 11) is 0. The van der Waals surface area contributed by atoms with E-state index < -0.39 is 0 Å². The van der Waals surface area contributed by atoms with E-state index in [9.17, 15) is 9.90 Å². The average Bonchev–Trinajstić information content (AvgIpc) is 2.74. The summed E-state index contributed by atoms with van der Waals surface area (Å²) in [6.45, 7) is 1.12. The fourth-order valence-corrected chi connectivity index (χ4v) is 2.90. The molecule has 0 aromatic heterocycles. The predicted octanol–water partition coefficient (Wildman–Crippen LogP) is 2.03. The molecule has 0 bridgehead atoms. The van der Waals surface area contributed by atoms with E-state index in [2.05, 4.69) is 0 Å². The highest BCUT2D eigenvalue weighted by atomic mass is 35.5. The molecule has 1 aromatic rings. The molecule has 0 unspecified atom stereocenters. The van der Waals surface area contributed by atoms with E-state index in [0.717, 1.165) is 4.90 Å². The van der Waals surface area contributed by atoms with Gasteiger partial charge in [-0.2, -0.15) is 0 Å². The summed E-state index contributed by atoms with van der Waals surface area (Å²) in [5, 5.41) is 10.0. The van der Waals surface area contributed by atoms with Crippen LogP contribution in [-0.2, 0) is 4.79 Å². The molecule has 1 saturated heterocycles. The molecule has 5 heteroatoms. The lowest BCUT2D eigenvalue weighted by Crippen LogP contribution is -2.30.